The van der Waals surface area contributed by atoms with Gasteiger partial charge in [0.2, 0.25) is 10.0 Å². The lowest BCUT2D eigenvalue weighted by molar-refractivity contribution is 0.192. The Bertz CT molecular complexity index is 505. The van der Waals surface area contributed by atoms with E-state index in [9.17, 15) is 8.42 Å². The molecule has 1 aliphatic rings. The minimum atomic E-state index is -3.41. The molecule has 19 heavy (non-hydrogen) atoms. The first kappa shape index (κ1) is 14.9. The first-order valence-electron chi connectivity index (χ1n) is 6.38. The maximum Gasteiger partial charge on any atom is 0.241 e. The van der Waals surface area contributed by atoms with Gasteiger partial charge in [-0.2, -0.15) is 0 Å². The standard InChI is InChI=1S/C12H20N2O3S2/c1-9(2)13-6-11-5-12(8-18-11)19(15,16)14-10-3-4-17-7-10/h5,8-10,13-14H,3-4,6-7H2,1-2H3. The molecule has 0 aliphatic carbocycles. The summed E-state index contributed by atoms with van der Waals surface area (Å²) in [6, 6.07) is 2.02. The van der Waals surface area contributed by atoms with Gasteiger partial charge in [-0.25, -0.2) is 13.1 Å². The van der Waals surface area contributed by atoms with Gasteiger partial charge in [-0.3, -0.25) is 0 Å². The largest absolute Gasteiger partial charge is 0.380 e. The van der Waals surface area contributed by atoms with Crippen LogP contribution < -0.4 is 10.0 Å². The van der Waals surface area contributed by atoms with Gasteiger partial charge in [0.05, 0.1) is 11.5 Å². The molecule has 108 valence electrons. The highest BCUT2D eigenvalue weighted by atomic mass is 32.2. The maximum atomic E-state index is 12.2. The second kappa shape index (κ2) is 6.32. The van der Waals surface area contributed by atoms with Crippen LogP contribution in [0.5, 0.6) is 0 Å². The molecule has 1 atom stereocenters. The zero-order valence-corrected chi connectivity index (χ0v) is 12.8. The van der Waals surface area contributed by atoms with E-state index in [4.69, 9.17) is 4.74 Å². The summed E-state index contributed by atoms with van der Waals surface area (Å²) in [5.74, 6) is 0. The number of ether oxygens (including phenoxy) is 1. The summed E-state index contributed by atoms with van der Waals surface area (Å²) < 4.78 is 32.2. The summed E-state index contributed by atoms with van der Waals surface area (Å²) >= 11 is 1.46. The van der Waals surface area contributed by atoms with Crippen molar-refractivity contribution in [2.75, 3.05) is 13.2 Å². The van der Waals surface area contributed by atoms with E-state index in [-0.39, 0.29) is 6.04 Å². The average molecular weight is 304 g/mol. The van der Waals surface area contributed by atoms with Crippen molar-refractivity contribution in [2.24, 2.45) is 0 Å². The third-order valence-electron chi connectivity index (χ3n) is 2.88. The van der Waals surface area contributed by atoms with Crippen molar-refractivity contribution in [1.82, 2.24) is 10.0 Å². The Labute approximate surface area is 118 Å². The zero-order valence-electron chi connectivity index (χ0n) is 11.2. The van der Waals surface area contributed by atoms with Gasteiger partial charge in [0, 0.05) is 35.5 Å². The monoisotopic (exact) mass is 304 g/mol. The first-order chi connectivity index (χ1) is 8.97. The number of sulfonamides is 1. The lowest BCUT2D eigenvalue weighted by atomic mass is 10.3. The van der Waals surface area contributed by atoms with E-state index in [2.05, 4.69) is 23.9 Å². The van der Waals surface area contributed by atoms with E-state index in [1.165, 1.54) is 11.3 Å². The molecule has 7 heteroatoms. The van der Waals surface area contributed by atoms with Gasteiger partial charge in [-0.1, -0.05) is 13.8 Å². The molecule has 0 saturated carbocycles. The fourth-order valence-corrected chi connectivity index (χ4v) is 4.29. The minimum Gasteiger partial charge on any atom is -0.380 e. The molecule has 0 bridgehead atoms. The van der Waals surface area contributed by atoms with Crippen molar-refractivity contribution in [3.8, 4) is 0 Å². The molecule has 0 radical (unpaired) electrons. The van der Waals surface area contributed by atoms with Gasteiger partial charge in [0.1, 0.15) is 0 Å². The summed E-state index contributed by atoms with van der Waals surface area (Å²) in [6.07, 6.45) is 0.741. The Hall–Kier alpha value is -0.470. The fraction of sp³-hybridized carbons (Fsp3) is 0.667. The average Bonchev–Trinajstić information content (AvgIpc) is 2.96. The quantitative estimate of drug-likeness (QED) is 0.831. The predicted molar refractivity (Wildman–Crippen MR) is 75.8 cm³/mol. The molecule has 2 N–H and O–H groups in total. The Morgan fingerprint density at radius 1 is 1.53 bits per heavy atom. The number of rotatable bonds is 6. The van der Waals surface area contributed by atoms with Crippen LogP contribution in [0, 0.1) is 0 Å². The molecule has 0 spiro atoms. The van der Waals surface area contributed by atoms with Crippen molar-refractivity contribution in [1.29, 1.82) is 0 Å². The van der Waals surface area contributed by atoms with Crippen molar-refractivity contribution >= 4 is 21.4 Å². The molecule has 0 aromatic carbocycles. The van der Waals surface area contributed by atoms with Crippen molar-refractivity contribution in [2.45, 2.75) is 43.8 Å². The smallest absolute Gasteiger partial charge is 0.241 e. The van der Waals surface area contributed by atoms with Crippen LogP contribution in [0.3, 0.4) is 0 Å². The van der Waals surface area contributed by atoms with Crippen LogP contribution in [0.1, 0.15) is 25.1 Å². The van der Waals surface area contributed by atoms with E-state index in [0.717, 1.165) is 11.3 Å². The Kier molecular flexibility index (Phi) is 4.97. The van der Waals surface area contributed by atoms with Gasteiger partial charge < -0.3 is 10.1 Å². The molecule has 1 aromatic heterocycles. The second-order valence-corrected chi connectivity index (χ2v) is 7.68. The van der Waals surface area contributed by atoms with Crippen molar-refractivity contribution in [3.05, 3.63) is 16.3 Å². The highest BCUT2D eigenvalue weighted by Gasteiger charge is 2.24. The number of thiophene rings is 1. The Morgan fingerprint density at radius 3 is 2.95 bits per heavy atom. The fourth-order valence-electron chi connectivity index (χ4n) is 1.81. The normalized spacial score (nSPS) is 20.3. The molecule has 2 heterocycles. The molecule has 1 fully saturated rings. The third-order valence-corrected chi connectivity index (χ3v) is 5.46. The van der Waals surface area contributed by atoms with Gasteiger partial charge in [-0.05, 0) is 12.5 Å². The molecule has 5 nitrogen and oxygen atoms in total. The van der Waals surface area contributed by atoms with Crippen LogP contribution in [0.2, 0.25) is 0 Å². The summed E-state index contributed by atoms with van der Waals surface area (Å²) in [6.45, 7) is 5.91. The van der Waals surface area contributed by atoms with E-state index in [1.54, 1.807) is 11.4 Å². The van der Waals surface area contributed by atoms with Gasteiger partial charge in [0.25, 0.3) is 0 Å². The van der Waals surface area contributed by atoms with Crippen LogP contribution in [0.4, 0.5) is 0 Å². The molecule has 1 saturated heterocycles. The van der Waals surface area contributed by atoms with E-state index < -0.39 is 10.0 Å². The zero-order chi connectivity index (χ0) is 13.9. The summed E-state index contributed by atoms with van der Waals surface area (Å²) in [5.41, 5.74) is 0. The van der Waals surface area contributed by atoms with E-state index >= 15 is 0 Å². The number of hydrogen-bond donors (Lipinski definition) is 2. The SMILES string of the molecule is CC(C)NCc1cc(S(=O)(=O)NC2CCOC2)cs1. The summed E-state index contributed by atoms with van der Waals surface area (Å²) in [4.78, 5) is 1.38. The van der Waals surface area contributed by atoms with Gasteiger partial charge >= 0.3 is 0 Å². The molecule has 1 aromatic rings. The lowest BCUT2D eigenvalue weighted by Crippen LogP contribution is -2.34. The van der Waals surface area contributed by atoms with Gasteiger partial charge in [-0.15, -0.1) is 11.3 Å². The van der Waals surface area contributed by atoms with E-state index in [0.29, 0.717) is 30.7 Å². The molecule has 1 unspecified atom stereocenters. The van der Waals surface area contributed by atoms with E-state index in [1.807, 2.05) is 0 Å². The highest BCUT2D eigenvalue weighted by molar-refractivity contribution is 7.89. The van der Waals surface area contributed by atoms with Crippen LogP contribution in [0.25, 0.3) is 0 Å². The van der Waals surface area contributed by atoms with Gasteiger partial charge in [0.15, 0.2) is 0 Å². The maximum absolute atomic E-state index is 12.2. The van der Waals surface area contributed by atoms with Crippen LogP contribution in [0.15, 0.2) is 16.3 Å². The predicted octanol–water partition coefficient (Wildman–Crippen LogP) is 1.31. The molecule has 0 amide bonds. The Morgan fingerprint density at radius 2 is 2.32 bits per heavy atom. The Balaban J connectivity index is 1.99. The summed E-state index contributed by atoms with van der Waals surface area (Å²) in [7, 11) is -3.41. The third kappa shape index (κ3) is 4.25. The van der Waals surface area contributed by atoms with Crippen molar-refractivity contribution < 1.29 is 13.2 Å². The summed E-state index contributed by atoms with van der Waals surface area (Å²) in [5, 5.41) is 4.96. The molecule has 2 rings (SSSR count). The lowest BCUT2D eigenvalue weighted by Gasteiger charge is -2.09. The minimum absolute atomic E-state index is 0.0952. The van der Waals surface area contributed by atoms with Crippen LogP contribution in [-0.2, 0) is 21.3 Å². The van der Waals surface area contributed by atoms with Crippen LogP contribution in [-0.4, -0.2) is 33.7 Å². The molecular formula is C12H20N2O3S2. The number of hydrogen-bond acceptors (Lipinski definition) is 5. The van der Waals surface area contributed by atoms with Crippen LogP contribution >= 0.6 is 11.3 Å². The second-order valence-electron chi connectivity index (χ2n) is 4.97. The highest BCUT2D eigenvalue weighted by Crippen LogP contribution is 2.20. The topological polar surface area (TPSA) is 67.4 Å². The molecular weight excluding hydrogens is 284 g/mol. The first-order valence-corrected chi connectivity index (χ1v) is 8.74. The van der Waals surface area contributed by atoms with Crippen molar-refractivity contribution in [3.63, 3.8) is 0 Å². The molecule has 1 aliphatic heterocycles. The number of nitrogens with one attached hydrogen (secondary N) is 2.